The van der Waals surface area contributed by atoms with Gasteiger partial charge in [0.15, 0.2) is 0 Å². The third-order valence-electron chi connectivity index (χ3n) is 17.2. The van der Waals surface area contributed by atoms with E-state index in [2.05, 4.69) is 31.2 Å². The second-order valence-electron chi connectivity index (χ2n) is 22.1. The lowest BCUT2D eigenvalue weighted by atomic mass is 9.63. The van der Waals surface area contributed by atoms with Crippen LogP contribution in [0.15, 0.2) is 73.6 Å². The van der Waals surface area contributed by atoms with Crippen molar-refractivity contribution in [2.45, 2.75) is 142 Å². The summed E-state index contributed by atoms with van der Waals surface area (Å²) >= 11 is 6.07. The fourth-order valence-corrected chi connectivity index (χ4v) is 12.6. The van der Waals surface area contributed by atoms with Gasteiger partial charge >= 0.3 is 24.0 Å². The number of carbonyl (C=O) groups is 6. The molecule has 8 rings (SSSR count). The molecule has 18 nitrogen and oxygen atoms in total. The Morgan fingerprint density at radius 3 is 1.32 bits per heavy atom. The fraction of sp³-hybridized carbons (Fsp3) is 0.600. The molecule has 2 saturated heterocycles. The number of rotatable bonds is 20. The number of urea groups is 2. The number of aromatic nitrogens is 4. The number of ether oxygens (including phenoxy) is 2. The van der Waals surface area contributed by atoms with Gasteiger partial charge in [-0.25, -0.2) is 23.9 Å². The molecule has 4 fully saturated rings. The minimum Gasteiger partial charge on any atom is -0.466 e. The molecule has 2 aromatic heterocycles. The van der Waals surface area contributed by atoms with Crippen molar-refractivity contribution in [1.29, 1.82) is 0 Å². The van der Waals surface area contributed by atoms with Crippen LogP contribution in [0.25, 0.3) is 0 Å². The molecule has 436 valence electrons. The number of piperidine rings is 2. The number of nitrogens with one attached hydrogen (secondary N) is 4. The third-order valence-corrected chi connectivity index (χ3v) is 17.4. The summed E-state index contributed by atoms with van der Waals surface area (Å²) in [7, 11) is 3.80. The van der Waals surface area contributed by atoms with E-state index < -0.39 is 35.0 Å². The first-order chi connectivity index (χ1) is 38.6. The molecule has 20 heteroatoms. The Labute approximate surface area is 476 Å². The summed E-state index contributed by atoms with van der Waals surface area (Å²) in [5.74, 6) is -0.381. The number of halogens is 2. The first-order valence-corrected chi connectivity index (χ1v) is 29.4. The van der Waals surface area contributed by atoms with Crippen LogP contribution in [0, 0.1) is 28.5 Å². The van der Waals surface area contributed by atoms with Crippen LogP contribution in [-0.4, -0.2) is 129 Å². The summed E-state index contributed by atoms with van der Waals surface area (Å²) in [6, 6.07) is 10.9. The molecule has 2 unspecified atom stereocenters. The molecular formula is C60H84ClFN10O8. The molecular weight excluding hydrogens is 1040 g/mol. The van der Waals surface area contributed by atoms with E-state index >= 15 is 0 Å². The number of imidazole rings is 2. The Morgan fingerprint density at radius 2 is 0.975 bits per heavy atom. The van der Waals surface area contributed by atoms with Crippen LogP contribution >= 0.6 is 11.6 Å². The van der Waals surface area contributed by atoms with Gasteiger partial charge in [-0.15, -0.1) is 0 Å². The van der Waals surface area contributed by atoms with E-state index in [1.54, 1.807) is 59.1 Å². The van der Waals surface area contributed by atoms with E-state index in [0.717, 1.165) is 73.9 Å². The topological polar surface area (TPSA) is 211 Å². The van der Waals surface area contributed by atoms with E-state index in [-0.39, 0.29) is 41.9 Å². The highest BCUT2D eigenvalue weighted by atomic mass is 35.5. The predicted molar refractivity (Wildman–Crippen MR) is 303 cm³/mol. The molecule has 2 aliphatic carbocycles. The number of amides is 6. The molecule has 0 bridgehead atoms. The molecule has 4 N–H and O–H groups in total. The van der Waals surface area contributed by atoms with Gasteiger partial charge < -0.3 is 49.7 Å². The fourth-order valence-electron chi connectivity index (χ4n) is 12.5. The van der Waals surface area contributed by atoms with Crippen molar-refractivity contribution >= 4 is 47.4 Å². The highest BCUT2D eigenvalue weighted by Crippen LogP contribution is 2.48. The van der Waals surface area contributed by atoms with Crippen molar-refractivity contribution in [3.8, 4) is 0 Å². The zero-order valence-electron chi connectivity index (χ0n) is 47.3. The number of aryl methyl sites for hydroxylation is 2. The van der Waals surface area contributed by atoms with Crippen LogP contribution in [0.4, 0.5) is 14.0 Å². The highest BCUT2D eigenvalue weighted by molar-refractivity contribution is 6.30. The van der Waals surface area contributed by atoms with E-state index in [1.165, 1.54) is 25.0 Å². The number of benzene rings is 2. The molecule has 2 aliphatic heterocycles. The van der Waals surface area contributed by atoms with Crippen LogP contribution in [-0.2, 0) is 68.4 Å². The normalized spacial score (nSPS) is 18.1. The number of nitrogens with zero attached hydrogens (tertiary/aromatic N) is 6. The van der Waals surface area contributed by atoms with Crippen LogP contribution in [0.3, 0.4) is 0 Å². The number of esters is 2. The number of hydrogen-bond donors (Lipinski definition) is 4. The summed E-state index contributed by atoms with van der Waals surface area (Å²) < 4.78 is 28.4. The van der Waals surface area contributed by atoms with Gasteiger partial charge in [0.2, 0.25) is 11.8 Å². The lowest BCUT2D eigenvalue weighted by molar-refractivity contribution is -0.166. The van der Waals surface area contributed by atoms with E-state index in [1.807, 2.05) is 49.2 Å². The first-order valence-electron chi connectivity index (χ1n) is 29.0. The van der Waals surface area contributed by atoms with Gasteiger partial charge in [0.05, 0.1) is 36.7 Å². The Morgan fingerprint density at radius 1 is 0.600 bits per heavy atom. The minimum absolute atomic E-state index is 0.113. The SMILES string of the molecule is CCOC(=O)C1(C2CCCCC2)CCN(C(=O)C(Cc2ccc(Cl)cc2)NC(=O)NCCc2cncn2C)CC1.CCOC(=O)C1(C2CCCCC2)CCN(C(=O)C(Cc2ccc(F)cc2)NC(=O)NCCc2cncn2C)CC1. The maximum atomic E-state index is 13.8. The Bertz CT molecular complexity index is 2460. The molecule has 80 heavy (non-hydrogen) atoms. The summed E-state index contributed by atoms with van der Waals surface area (Å²) in [6.45, 7) is 6.98. The van der Waals surface area contributed by atoms with Crippen molar-refractivity contribution in [3.63, 3.8) is 0 Å². The number of likely N-dealkylation sites (tertiary alicyclic amines) is 2. The van der Waals surface area contributed by atoms with Gasteiger partial charge in [-0.05, 0) is 112 Å². The summed E-state index contributed by atoms with van der Waals surface area (Å²) in [4.78, 5) is 91.5. The van der Waals surface area contributed by atoms with E-state index in [4.69, 9.17) is 21.1 Å². The zero-order valence-corrected chi connectivity index (χ0v) is 48.1. The quantitative estimate of drug-likeness (QED) is 0.0626. The lowest BCUT2D eigenvalue weighted by Gasteiger charge is -2.46. The largest absolute Gasteiger partial charge is 0.466 e. The standard InChI is InChI=1S/C30H42ClN5O4.C30H42FN5O4/c2*1-3-40-28(38)30(23-7-5-4-6-8-23)14-17-36(18-15-30)27(37)26(19-22-9-11-24(31)12-10-22)34-29(39)33-16-13-25-20-32-21-35(25)2/h2*9-12,20-21,23,26H,3-8,13-19H2,1-2H3,(H2,33,34,39). The maximum Gasteiger partial charge on any atom is 0.315 e. The smallest absolute Gasteiger partial charge is 0.315 e. The van der Waals surface area contributed by atoms with Gasteiger partial charge in [0, 0.05) is 108 Å². The Balaban J connectivity index is 0.000000231. The lowest BCUT2D eigenvalue weighted by Crippen LogP contribution is -2.56. The summed E-state index contributed by atoms with van der Waals surface area (Å²) in [6.07, 6.45) is 22.1. The van der Waals surface area contributed by atoms with Crippen LogP contribution < -0.4 is 21.3 Å². The molecule has 2 atom stereocenters. The third kappa shape index (κ3) is 16.3. The second kappa shape index (κ2) is 29.8. The molecule has 2 aromatic carbocycles. The summed E-state index contributed by atoms with van der Waals surface area (Å²) in [5, 5.41) is 12.1. The van der Waals surface area contributed by atoms with Crippen molar-refractivity contribution < 1.29 is 42.6 Å². The molecule has 4 aromatic rings. The highest BCUT2D eigenvalue weighted by Gasteiger charge is 2.51. The zero-order chi connectivity index (χ0) is 57.1. The first kappa shape index (κ1) is 61.1. The molecule has 4 heterocycles. The molecule has 6 amide bonds. The van der Waals surface area contributed by atoms with Gasteiger partial charge in [0.25, 0.3) is 0 Å². The monoisotopic (exact) mass is 1130 g/mol. The van der Waals surface area contributed by atoms with E-state index in [0.29, 0.717) is 108 Å². The van der Waals surface area contributed by atoms with Crippen molar-refractivity contribution in [3.05, 3.63) is 107 Å². The van der Waals surface area contributed by atoms with E-state index in [9.17, 15) is 33.2 Å². The second-order valence-corrected chi connectivity index (χ2v) is 22.6. The number of hydrogen-bond acceptors (Lipinski definition) is 10. The van der Waals surface area contributed by atoms with Crippen LogP contribution in [0.5, 0.6) is 0 Å². The molecule has 0 spiro atoms. The average Bonchev–Trinajstić information content (AvgIpc) is 4.09. The molecule has 2 saturated carbocycles. The summed E-state index contributed by atoms with van der Waals surface area (Å²) in [5.41, 5.74) is 2.54. The minimum atomic E-state index is -0.827. The predicted octanol–water partition coefficient (Wildman–Crippen LogP) is 8.04. The van der Waals surface area contributed by atoms with Crippen molar-refractivity contribution in [2.75, 3.05) is 52.5 Å². The van der Waals surface area contributed by atoms with Gasteiger partial charge in [-0.1, -0.05) is 74.4 Å². The van der Waals surface area contributed by atoms with Crippen LogP contribution in [0.1, 0.15) is 126 Å². The van der Waals surface area contributed by atoms with Gasteiger partial charge in [-0.2, -0.15) is 0 Å². The van der Waals surface area contributed by atoms with Crippen molar-refractivity contribution in [1.82, 2.24) is 50.2 Å². The average molecular weight is 1130 g/mol. The Kier molecular flexibility index (Phi) is 22.8. The van der Waals surface area contributed by atoms with Crippen molar-refractivity contribution in [2.24, 2.45) is 36.8 Å². The Hall–Kier alpha value is -6.50. The number of carbonyl (C=O) groups excluding carboxylic acids is 6. The molecule has 0 radical (unpaired) electrons. The molecule has 4 aliphatic rings. The maximum absolute atomic E-state index is 13.8. The van der Waals surface area contributed by atoms with Gasteiger partial charge in [-0.3, -0.25) is 19.2 Å². The van der Waals surface area contributed by atoms with Crippen LogP contribution in [0.2, 0.25) is 5.02 Å². The van der Waals surface area contributed by atoms with Gasteiger partial charge in [0.1, 0.15) is 17.9 Å².